The summed E-state index contributed by atoms with van der Waals surface area (Å²) < 4.78 is 5.56. The van der Waals surface area contributed by atoms with Gasteiger partial charge in [-0.05, 0) is 62.4 Å². The van der Waals surface area contributed by atoms with Crippen LogP contribution in [0.5, 0.6) is 0 Å². The number of para-hydroxylation sites is 1. The molecule has 0 spiro atoms. The van der Waals surface area contributed by atoms with E-state index < -0.39 is 0 Å². The van der Waals surface area contributed by atoms with E-state index in [1.165, 1.54) is 11.3 Å². The van der Waals surface area contributed by atoms with Crippen LogP contribution in [0.2, 0.25) is 0 Å². The summed E-state index contributed by atoms with van der Waals surface area (Å²) in [6.45, 7) is 1.90. The first-order valence-electron chi connectivity index (χ1n) is 8.82. The fraction of sp³-hybridized carbons (Fsp3) is 0.238. The number of nitrogens with one attached hydrogen (secondary N) is 1. The SMILES string of the molecule is Cc1ccc(/C=N/c2sc3c(c2C(=O)Nc2ccccc2)CCCC3)o1. The van der Waals surface area contributed by atoms with Gasteiger partial charge in [-0.25, -0.2) is 4.99 Å². The van der Waals surface area contributed by atoms with Gasteiger partial charge in [-0.15, -0.1) is 11.3 Å². The van der Waals surface area contributed by atoms with Crippen molar-refractivity contribution in [2.24, 2.45) is 4.99 Å². The number of rotatable bonds is 4. The number of anilines is 1. The molecule has 4 nitrogen and oxygen atoms in total. The third kappa shape index (κ3) is 3.48. The summed E-state index contributed by atoms with van der Waals surface area (Å²) in [6, 6.07) is 13.3. The van der Waals surface area contributed by atoms with Crippen molar-refractivity contribution in [2.75, 3.05) is 5.32 Å². The molecule has 0 atom stereocenters. The standard InChI is InChI=1S/C21H20N2O2S/c1-14-11-12-16(25-14)13-22-21-19(17-9-5-6-10-18(17)26-21)20(24)23-15-7-3-2-4-8-15/h2-4,7-8,11-13H,5-6,9-10H2,1H3,(H,23,24)/b22-13+. The highest BCUT2D eigenvalue weighted by atomic mass is 32.1. The van der Waals surface area contributed by atoms with Crippen LogP contribution >= 0.6 is 11.3 Å². The average Bonchev–Trinajstić information content (AvgIpc) is 3.23. The molecule has 2 aromatic heterocycles. The molecule has 132 valence electrons. The average molecular weight is 364 g/mol. The Morgan fingerprint density at radius 1 is 1.15 bits per heavy atom. The van der Waals surface area contributed by atoms with E-state index in [4.69, 9.17) is 4.42 Å². The molecular formula is C21H20N2O2S. The highest BCUT2D eigenvalue weighted by Gasteiger charge is 2.25. The van der Waals surface area contributed by atoms with Crippen molar-refractivity contribution >= 4 is 34.1 Å². The van der Waals surface area contributed by atoms with Crippen LogP contribution in [0.3, 0.4) is 0 Å². The van der Waals surface area contributed by atoms with Crippen LogP contribution < -0.4 is 5.32 Å². The third-order valence-corrected chi connectivity index (χ3v) is 5.68. The van der Waals surface area contributed by atoms with Gasteiger partial charge in [-0.2, -0.15) is 0 Å². The van der Waals surface area contributed by atoms with Gasteiger partial charge in [0.15, 0.2) is 0 Å². The van der Waals surface area contributed by atoms with Gasteiger partial charge in [0.25, 0.3) is 5.91 Å². The van der Waals surface area contributed by atoms with Crippen molar-refractivity contribution in [3.63, 3.8) is 0 Å². The Morgan fingerprint density at radius 2 is 1.96 bits per heavy atom. The molecule has 1 amide bonds. The molecule has 0 unspecified atom stereocenters. The Bertz CT molecular complexity index is 954. The number of aliphatic imine (C=N–C) groups is 1. The van der Waals surface area contributed by atoms with Gasteiger partial charge in [0.2, 0.25) is 0 Å². The van der Waals surface area contributed by atoms with Crippen LogP contribution in [-0.2, 0) is 12.8 Å². The van der Waals surface area contributed by atoms with Crippen molar-refractivity contribution in [3.8, 4) is 0 Å². The molecule has 0 aliphatic heterocycles. The van der Waals surface area contributed by atoms with Crippen LogP contribution in [0.15, 0.2) is 51.9 Å². The highest BCUT2D eigenvalue weighted by Crippen LogP contribution is 2.40. The molecule has 26 heavy (non-hydrogen) atoms. The number of carbonyl (C=O) groups is 1. The Kier molecular flexibility index (Phi) is 4.71. The van der Waals surface area contributed by atoms with E-state index in [0.29, 0.717) is 11.3 Å². The lowest BCUT2D eigenvalue weighted by Gasteiger charge is -2.12. The molecule has 1 N–H and O–H groups in total. The van der Waals surface area contributed by atoms with Gasteiger partial charge < -0.3 is 9.73 Å². The predicted molar refractivity (Wildman–Crippen MR) is 106 cm³/mol. The summed E-state index contributed by atoms with van der Waals surface area (Å²) in [5.41, 5.74) is 2.68. The largest absolute Gasteiger partial charge is 0.460 e. The minimum absolute atomic E-state index is 0.0848. The monoisotopic (exact) mass is 364 g/mol. The fourth-order valence-electron chi connectivity index (χ4n) is 3.24. The number of fused-ring (bicyclic) bond motifs is 1. The lowest BCUT2D eigenvalue weighted by atomic mass is 9.95. The number of benzene rings is 1. The lowest BCUT2D eigenvalue weighted by molar-refractivity contribution is 0.102. The third-order valence-electron chi connectivity index (χ3n) is 4.48. The maximum absolute atomic E-state index is 13.0. The molecule has 2 heterocycles. The van der Waals surface area contributed by atoms with E-state index in [9.17, 15) is 4.79 Å². The maximum atomic E-state index is 13.0. The Balaban J connectivity index is 1.68. The second-order valence-electron chi connectivity index (χ2n) is 6.42. The van der Waals surface area contributed by atoms with Crippen molar-refractivity contribution in [2.45, 2.75) is 32.6 Å². The number of hydrogen-bond acceptors (Lipinski definition) is 4. The van der Waals surface area contributed by atoms with Crippen LogP contribution in [0, 0.1) is 6.92 Å². The van der Waals surface area contributed by atoms with E-state index in [2.05, 4.69) is 10.3 Å². The van der Waals surface area contributed by atoms with Crippen molar-refractivity contribution in [3.05, 3.63) is 70.0 Å². The van der Waals surface area contributed by atoms with Crippen molar-refractivity contribution < 1.29 is 9.21 Å². The van der Waals surface area contributed by atoms with Gasteiger partial charge in [-0.3, -0.25) is 4.79 Å². The summed E-state index contributed by atoms with van der Waals surface area (Å²) in [7, 11) is 0. The van der Waals surface area contributed by atoms with E-state index >= 15 is 0 Å². The van der Waals surface area contributed by atoms with Gasteiger partial charge >= 0.3 is 0 Å². The van der Waals surface area contributed by atoms with E-state index in [1.807, 2.05) is 49.4 Å². The summed E-state index contributed by atoms with van der Waals surface area (Å²) >= 11 is 1.63. The number of furan rings is 1. The molecule has 0 saturated carbocycles. The Labute approximate surface area is 156 Å². The quantitative estimate of drug-likeness (QED) is 0.619. The molecule has 1 aliphatic carbocycles. The number of amides is 1. The molecule has 0 bridgehead atoms. The zero-order chi connectivity index (χ0) is 17.9. The Morgan fingerprint density at radius 3 is 2.73 bits per heavy atom. The van der Waals surface area contributed by atoms with Gasteiger partial charge in [0, 0.05) is 10.6 Å². The molecule has 3 aromatic rings. The van der Waals surface area contributed by atoms with Crippen molar-refractivity contribution in [1.82, 2.24) is 0 Å². The molecule has 0 saturated heterocycles. The summed E-state index contributed by atoms with van der Waals surface area (Å²) in [5, 5.41) is 3.77. The zero-order valence-corrected chi connectivity index (χ0v) is 15.4. The first-order valence-corrected chi connectivity index (χ1v) is 9.64. The molecule has 1 aliphatic rings. The molecule has 0 fully saturated rings. The molecule has 4 rings (SSSR count). The maximum Gasteiger partial charge on any atom is 0.259 e. The summed E-state index contributed by atoms with van der Waals surface area (Å²) in [5.74, 6) is 1.46. The number of aryl methyl sites for hydroxylation is 2. The zero-order valence-electron chi connectivity index (χ0n) is 14.6. The van der Waals surface area contributed by atoms with Gasteiger partial charge in [0.1, 0.15) is 16.5 Å². The summed E-state index contributed by atoms with van der Waals surface area (Å²) in [4.78, 5) is 18.9. The smallest absolute Gasteiger partial charge is 0.259 e. The van der Waals surface area contributed by atoms with Crippen LogP contribution in [0.25, 0.3) is 0 Å². The second-order valence-corrected chi connectivity index (χ2v) is 7.50. The normalized spacial score (nSPS) is 13.7. The Hall–Kier alpha value is -2.66. The minimum atomic E-state index is -0.0848. The number of hydrogen-bond donors (Lipinski definition) is 1. The number of carbonyl (C=O) groups excluding carboxylic acids is 1. The molecule has 0 radical (unpaired) electrons. The van der Waals surface area contributed by atoms with E-state index in [1.54, 1.807) is 17.6 Å². The molecular weight excluding hydrogens is 344 g/mol. The van der Waals surface area contributed by atoms with Crippen molar-refractivity contribution in [1.29, 1.82) is 0 Å². The molecule has 1 aromatic carbocycles. The minimum Gasteiger partial charge on any atom is -0.460 e. The topological polar surface area (TPSA) is 54.6 Å². The van der Waals surface area contributed by atoms with E-state index in [0.717, 1.165) is 41.3 Å². The number of thiophene rings is 1. The summed E-state index contributed by atoms with van der Waals surface area (Å²) in [6.07, 6.45) is 5.97. The van der Waals surface area contributed by atoms with Crippen LogP contribution in [0.1, 0.15) is 45.2 Å². The second kappa shape index (κ2) is 7.30. The fourth-order valence-corrected chi connectivity index (χ4v) is 4.47. The molecule has 5 heteroatoms. The first-order chi connectivity index (χ1) is 12.7. The van der Waals surface area contributed by atoms with Crippen LogP contribution in [0.4, 0.5) is 10.7 Å². The van der Waals surface area contributed by atoms with Crippen LogP contribution in [-0.4, -0.2) is 12.1 Å². The van der Waals surface area contributed by atoms with E-state index in [-0.39, 0.29) is 5.91 Å². The van der Waals surface area contributed by atoms with Gasteiger partial charge in [0.05, 0.1) is 11.8 Å². The predicted octanol–water partition coefficient (Wildman–Crippen LogP) is 5.53. The lowest BCUT2D eigenvalue weighted by Crippen LogP contribution is -2.14. The number of nitrogens with zero attached hydrogens (tertiary/aromatic N) is 1. The highest BCUT2D eigenvalue weighted by molar-refractivity contribution is 7.16. The van der Waals surface area contributed by atoms with Gasteiger partial charge in [-0.1, -0.05) is 18.2 Å². The first kappa shape index (κ1) is 16.8.